The fourth-order valence-corrected chi connectivity index (χ4v) is 4.80. The number of rotatable bonds is 5. The van der Waals surface area contributed by atoms with Crippen molar-refractivity contribution in [1.29, 1.82) is 0 Å². The smallest absolute Gasteiger partial charge is 0.258 e. The fourth-order valence-electron chi connectivity index (χ4n) is 4.80. The summed E-state index contributed by atoms with van der Waals surface area (Å²) in [5.41, 5.74) is 0.451. The van der Waals surface area contributed by atoms with E-state index in [0.717, 1.165) is 18.7 Å². The average molecular weight is 451 g/mol. The van der Waals surface area contributed by atoms with Crippen LogP contribution in [0.15, 0.2) is 47.2 Å². The van der Waals surface area contributed by atoms with Crippen LogP contribution in [0, 0.1) is 5.41 Å². The maximum absolute atomic E-state index is 12.4. The summed E-state index contributed by atoms with van der Waals surface area (Å²) in [6.45, 7) is 13.3. The van der Waals surface area contributed by atoms with Crippen LogP contribution in [0.4, 0.5) is 0 Å². The summed E-state index contributed by atoms with van der Waals surface area (Å²) >= 11 is 0. The second-order valence-corrected chi connectivity index (χ2v) is 11.2. The van der Waals surface area contributed by atoms with Crippen molar-refractivity contribution in [3.63, 3.8) is 0 Å². The van der Waals surface area contributed by atoms with Crippen LogP contribution in [0.3, 0.4) is 0 Å². The Hall–Kier alpha value is -2.61. The lowest BCUT2D eigenvalue weighted by molar-refractivity contribution is -0.127. The molecule has 1 atom stereocenters. The predicted octanol–water partition coefficient (Wildman–Crippen LogP) is 3.84. The molecule has 1 aliphatic heterocycles. The molecule has 1 fully saturated rings. The minimum absolute atomic E-state index is 0.0233. The van der Waals surface area contributed by atoms with Gasteiger partial charge in [-0.3, -0.25) is 4.98 Å². The van der Waals surface area contributed by atoms with Crippen LogP contribution in [0.1, 0.15) is 64.1 Å². The van der Waals surface area contributed by atoms with Crippen molar-refractivity contribution < 1.29 is 14.7 Å². The lowest BCUT2D eigenvalue weighted by Crippen LogP contribution is -2.63. The minimum Gasteiger partial charge on any atom is -0.381 e. The molecule has 1 saturated heterocycles. The zero-order valence-electron chi connectivity index (χ0n) is 20.5. The van der Waals surface area contributed by atoms with E-state index in [1.807, 2.05) is 18.2 Å². The molecule has 2 N–H and O–H groups in total. The van der Waals surface area contributed by atoms with E-state index in [9.17, 15) is 10.2 Å². The van der Waals surface area contributed by atoms with Gasteiger partial charge in [0.05, 0.1) is 0 Å². The summed E-state index contributed by atoms with van der Waals surface area (Å²) in [4.78, 5) is 10.9. The van der Waals surface area contributed by atoms with Gasteiger partial charge in [0, 0.05) is 42.0 Å². The average Bonchev–Trinajstić information content (AvgIpc) is 3.22. The van der Waals surface area contributed by atoms with E-state index in [0.29, 0.717) is 17.0 Å². The Labute approximate surface area is 195 Å². The molecule has 2 aromatic heterocycles. The van der Waals surface area contributed by atoms with E-state index < -0.39 is 16.6 Å². The molecule has 3 heterocycles. The van der Waals surface area contributed by atoms with Gasteiger partial charge in [0.25, 0.3) is 5.89 Å². The van der Waals surface area contributed by atoms with Crippen LogP contribution >= 0.6 is 0 Å². The monoisotopic (exact) mass is 450 g/mol. The molecule has 7 heteroatoms. The summed E-state index contributed by atoms with van der Waals surface area (Å²) in [6, 6.07) is 10.1. The SMILES string of the molecule is CN1CC(C)(C(O)(c2ccc(C(C)(C)C)cc2)c2cncc(-c3noc(C(C)(C)O)n3)c2)C1. The van der Waals surface area contributed by atoms with Gasteiger partial charge < -0.3 is 19.6 Å². The van der Waals surface area contributed by atoms with E-state index in [1.165, 1.54) is 5.56 Å². The third-order valence-electron chi connectivity index (χ3n) is 6.64. The van der Waals surface area contributed by atoms with Gasteiger partial charge in [0.1, 0.15) is 11.2 Å². The largest absolute Gasteiger partial charge is 0.381 e. The van der Waals surface area contributed by atoms with Gasteiger partial charge >= 0.3 is 0 Å². The van der Waals surface area contributed by atoms with Crippen LogP contribution < -0.4 is 0 Å². The number of pyridine rings is 1. The summed E-state index contributed by atoms with van der Waals surface area (Å²) in [5.74, 6) is 0.450. The highest BCUT2D eigenvalue weighted by atomic mass is 16.5. The van der Waals surface area contributed by atoms with Crippen LogP contribution in [-0.4, -0.2) is 50.4 Å². The van der Waals surface area contributed by atoms with Gasteiger partial charge in [-0.1, -0.05) is 57.1 Å². The van der Waals surface area contributed by atoms with Gasteiger partial charge in [0.15, 0.2) is 0 Å². The van der Waals surface area contributed by atoms with Crippen molar-refractivity contribution in [2.45, 2.75) is 58.2 Å². The van der Waals surface area contributed by atoms with Crippen molar-refractivity contribution in [3.05, 3.63) is 65.3 Å². The molecule has 0 aliphatic carbocycles. The van der Waals surface area contributed by atoms with Gasteiger partial charge in [-0.05, 0) is 43.5 Å². The molecule has 0 saturated carbocycles. The van der Waals surface area contributed by atoms with Crippen molar-refractivity contribution in [2.24, 2.45) is 5.41 Å². The summed E-state index contributed by atoms with van der Waals surface area (Å²) < 4.78 is 5.24. The normalized spacial score (nSPS) is 18.6. The lowest BCUT2D eigenvalue weighted by atomic mass is 9.62. The maximum atomic E-state index is 12.4. The van der Waals surface area contributed by atoms with Gasteiger partial charge in [-0.25, -0.2) is 0 Å². The fraction of sp³-hybridized carbons (Fsp3) is 0.500. The molecule has 33 heavy (non-hydrogen) atoms. The standard InChI is InChI=1S/C26H34N4O3/c1-23(2,3)18-8-10-19(11-9-18)26(32,25(6)15-30(7)16-25)20-12-17(13-27-14-20)21-28-22(33-29-21)24(4,5)31/h8-14,31-32H,15-16H2,1-7H3. The van der Waals surface area contributed by atoms with E-state index in [4.69, 9.17) is 4.52 Å². The second-order valence-electron chi connectivity index (χ2n) is 11.2. The van der Waals surface area contributed by atoms with Crippen molar-refractivity contribution in [2.75, 3.05) is 20.1 Å². The van der Waals surface area contributed by atoms with E-state index in [2.05, 4.69) is 66.9 Å². The first-order valence-electron chi connectivity index (χ1n) is 11.3. The Balaban J connectivity index is 1.81. The summed E-state index contributed by atoms with van der Waals surface area (Å²) in [5, 5.41) is 26.6. The zero-order chi connectivity index (χ0) is 24.2. The number of likely N-dealkylation sites (tertiary alicyclic amines) is 1. The molecule has 1 aliphatic rings. The molecule has 176 valence electrons. The molecule has 4 rings (SSSR count). The third-order valence-corrected chi connectivity index (χ3v) is 6.64. The Morgan fingerprint density at radius 1 is 0.939 bits per heavy atom. The van der Waals surface area contributed by atoms with Crippen LogP contribution in [0.2, 0.25) is 0 Å². The molecular weight excluding hydrogens is 416 g/mol. The number of aliphatic hydroxyl groups is 2. The number of aromatic nitrogens is 3. The highest BCUT2D eigenvalue weighted by Crippen LogP contribution is 2.50. The minimum atomic E-state index is -1.26. The summed E-state index contributed by atoms with van der Waals surface area (Å²) in [6.07, 6.45) is 3.35. The topological polar surface area (TPSA) is 95.5 Å². The number of hydrogen-bond acceptors (Lipinski definition) is 7. The zero-order valence-corrected chi connectivity index (χ0v) is 20.5. The Morgan fingerprint density at radius 2 is 1.55 bits per heavy atom. The maximum Gasteiger partial charge on any atom is 0.258 e. The van der Waals surface area contributed by atoms with E-state index >= 15 is 0 Å². The quantitative estimate of drug-likeness (QED) is 0.610. The van der Waals surface area contributed by atoms with Crippen LogP contribution in [-0.2, 0) is 16.6 Å². The Bertz CT molecular complexity index is 1140. The first-order valence-corrected chi connectivity index (χ1v) is 11.3. The third kappa shape index (κ3) is 4.09. The van der Waals surface area contributed by atoms with Crippen molar-refractivity contribution in [3.8, 4) is 11.4 Å². The van der Waals surface area contributed by atoms with Crippen LogP contribution in [0.5, 0.6) is 0 Å². The molecule has 0 radical (unpaired) electrons. The number of hydrogen-bond donors (Lipinski definition) is 2. The molecular formula is C26H34N4O3. The molecule has 7 nitrogen and oxygen atoms in total. The highest BCUT2D eigenvalue weighted by molar-refractivity contribution is 5.56. The molecule has 1 aromatic carbocycles. The van der Waals surface area contributed by atoms with Gasteiger partial charge in [0.2, 0.25) is 5.82 Å². The molecule has 0 bridgehead atoms. The predicted molar refractivity (Wildman–Crippen MR) is 127 cm³/mol. The molecule has 3 aromatic rings. The van der Waals surface area contributed by atoms with E-state index in [1.54, 1.807) is 26.2 Å². The molecule has 0 amide bonds. The highest BCUT2D eigenvalue weighted by Gasteiger charge is 2.55. The first-order chi connectivity index (χ1) is 15.2. The lowest BCUT2D eigenvalue weighted by Gasteiger charge is -2.55. The second kappa shape index (κ2) is 7.72. The van der Waals surface area contributed by atoms with Gasteiger partial charge in [-0.2, -0.15) is 4.98 Å². The van der Waals surface area contributed by atoms with Crippen molar-refractivity contribution >= 4 is 0 Å². The van der Waals surface area contributed by atoms with Crippen molar-refractivity contribution in [1.82, 2.24) is 20.0 Å². The van der Waals surface area contributed by atoms with Crippen LogP contribution in [0.25, 0.3) is 11.4 Å². The number of nitrogens with zero attached hydrogens (tertiary/aromatic N) is 4. The Morgan fingerprint density at radius 3 is 2.06 bits per heavy atom. The van der Waals surface area contributed by atoms with Gasteiger partial charge in [-0.15, -0.1) is 0 Å². The molecule has 1 unspecified atom stereocenters. The Kier molecular flexibility index (Phi) is 5.51. The molecule has 0 spiro atoms. The van der Waals surface area contributed by atoms with E-state index in [-0.39, 0.29) is 11.3 Å². The first kappa shape index (κ1) is 23.5. The number of benzene rings is 1. The summed E-state index contributed by atoms with van der Waals surface area (Å²) in [7, 11) is 2.05.